The van der Waals surface area contributed by atoms with Crippen molar-refractivity contribution in [2.45, 2.75) is 32.1 Å². The number of likely N-dealkylation sites (tertiary alicyclic amines) is 1. The van der Waals surface area contributed by atoms with Crippen LogP contribution >= 0.6 is 0 Å². The van der Waals surface area contributed by atoms with Gasteiger partial charge in [0.2, 0.25) is 0 Å². The smallest absolute Gasteiger partial charge is 0.335 e. The van der Waals surface area contributed by atoms with Crippen molar-refractivity contribution in [2.24, 2.45) is 0 Å². The van der Waals surface area contributed by atoms with E-state index < -0.39 is 5.97 Å². The lowest BCUT2D eigenvalue weighted by Crippen LogP contribution is -2.30. The molecule has 1 aromatic heterocycles. The highest BCUT2D eigenvalue weighted by Crippen LogP contribution is 2.26. The van der Waals surface area contributed by atoms with Crippen LogP contribution < -0.4 is 4.74 Å². The molecule has 0 spiro atoms. The lowest BCUT2D eigenvalue weighted by Gasteiger charge is -2.26. The molecule has 3 aromatic rings. The SMILES string of the molecule is O=C(O)c1cc(C(=O)CCCN2CCCCC2)nc(-c2ccc(Oc3ccc(F)cc3)cc2)c1. The van der Waals surface area contributed by atoms with Crippen molar-refractivity contribution in [1.82, 2.24) is 9.88 Å². The summed E-state index contributed by atoms with van der Waals surface area (Å²) in [5.74, 6) is -0.569. The van der Waals surface area contributed by atoms with Gasteiger partial charge in [0.25, 0.3) is 0 Å². The van der Waals surface area contributed by atoms with Crippen molar-refractivity contribution >= 4 is 11.8 Å². The topological polar surface area (TPSA) is 79.7 Å². The van der Waals surface area contributed by atoms with Crippen molar-refractivity contribution in [2.75, 3.05) is 19.6 Å². The maximum atomic E-state index is 13.1. The fourth-order valence-corrected chi connectivity index (χ4v) is 4.05. The van der Waals surface area contributed by atoms with Gasteiger partial charge >= 0.3 is 5.97 Å². The van der Waals surface area contributed by atoms with Gasteiger partial charge in [-0.15, -0.1) is 0 Å². The highest BCUT2D eigenvalue weighted by atomic mass is 19.1. The number of Topliss-reactive ketones (excluding diaryl/α,β-unsaturated/α-hetero) is 1. The Hall–Kier alpha value is -3.58. The van der Waals surface area contributed by atoms with Crippen LogP contribution in [0.5, 0.6) is 11.5 Å². The summed E-state index contributed by atoms with van der Waals surface area (Å²) in [6.07, 6.45) is 4.73. The lowest BCUT2D eigenvalue weighted by molar-refractivity contribution is 0.0696. The summed E-state index contributed by atoms with van der Waals surface area (Å²) in [5, 5.41) is 9.54. The number of pyridine rings is 1. The molecule has 1 fully saturated rings. The summed E-state index contributed by atoms with van der Waals surface area (Å²) in [4.78, 5) is 31.3. The van der Waals surface area contributed by atoms with Crippen molar-refractivity contribution in [3.63, 3.8) is 0 Å². The number of ether oxygens (including phenoxy) is 1. The molecule has 7 heteroatoms. The number of hydrogen-bond acceptors (Lipinski definition) is 5. The Morgan fingerprint density at radius 3 is 2.24 bits per heavy atom. The number of carbonyl (C=O) groups excluding carboxylic acids is 1. The zero-order valence-electron chi connectivity index (χ0n) is 18.9. The highest BCUT2D eigenvalue weighted by molar-refractivity contribution is 5.98. The zero-order chi connectivity index (χ0) is 23.9. The Bertz CT molecular complexity index is 1140. The predicted octanol–water partition coefficient (Wildman–Crippen LogP) is 5.83. The first-order valence-corrected chi connectivity index (χ1v) is 11.5. The first-order valence-electron chi connectivity index (χ1n) is 11.5. The molecule has 1 N–H and O–H groups in total. The lowest BCUT2D eigenvalue weighted by atomic mass is 10.0. The number of piperidine rings is 1. The van der Waals surface area contributed by atoms with E-state index in [1.807, 2.05) is 0 Å². The summed E-state index contributed by atoms with van der Waals surface area (Å²) in [5.41, 5.74) is 1.26. The number of benzene rings is 2. The molecule has 1 saturated heterocycles. The number of carboxylic acid groups (broad SMARTS) is 1. The first kappa shape index (κ1) is 23.6. The third kappa shape index (κ3) is 6.26. The van der Waals surface area contributed by atoms with Gasteiger partial charge in [0.1, 0.15) is 23.0 Å². The number of hydrogen-bond donors (Lipinski definition) is 1. The molecule has 176 valence electrons. The number of ketones is 1. The Labute approximate surface area is 198 Å². The number of halogens is 1. The zero-order valence-corrected chi connectivity index (χ0v) is 18.9. The number of aromatic nitrogens is 1. The van der Waals surface area contributed by atoms with Crippen LogP contribution in [0.2, 0.25) is 0 Å². The van der Waals surface area contributed by atoms with Crippen LogP contribution in [0.15, 0.2) is 60.7 Å². The monoisotopic (exact) mass is 462 g/mol. The second-order valence-corrected chi connectivity index (χ2v) is 8.44. The van der Waals surface area contributed by atoms with E-state index in [1.165, 1.54) is 55.7 Å². The molecule has 1 aliphatic heterocycles. The van der Waals surface area contributed by atoms with Crippen molar-refractivity contribution in [3.05, 3.63) is 77.7 Å². The van der Waals surface area contributed by atoms with E-state index >= 15 is 0 Å². The Morgan fingerprint density at radius 1 is 0.941 bits per heavy atom. The van der Waals surface area contributed by atoms with Crippen LogP contribution in [0.1, 0.15) is 53.0 Å². The van der Waals surface area contributed by atoms with Crippen LogP contribution in [0, 0.1) is 5.82 Å². The minimum atomic E-state index is -1.11. The third-order valence-electron chi connectivity index (χ3n) is 5.88. The van der Waals surface area contributed by atoms with Crippen molar-refractivity contribution < 1.29 is 23.8 Å². The molecule has 2 heterocycles. The number of carboxylic acids is 1. The van der Waals surface area contributed by atoms with E-state index in [0.29, 0.717) is 29.2 Å². The molecule has 0 saturated carbocycles. The van der Waals surface area contributed by atoms with Crippen LogP contribution in [0.25, 0.3) is 11.3 Å². The van der Waals surface area contributed by atoms with E-state index in [1.54, 1.807) is 24.3 Å². The quantitative estimate of drug-likeness (QED) is 0.403. The maximum Gasteiger partial charge on any atom is 0.335 e. The van der Waals surface area contributed by atoms with E-state index in [4.69, 9.17) is 4.74 Å². The molecule has 1 aliphatic rings. The van der Waals surface area contributed by atoms with Crippen LogP contribution in [0.3, 0.4) is 0 Å². The van der Waals surface area contributed by atoms with Crippen molar-refractivity contribution in [1.29, 1.82) is 0 Å². The average molecular weight is 463 g/mol. The molecule has 4 rings (SSSR count). The molecule has 6 nitrogen and oxygen atoms in total. The first-order chi connectivity index (χ1) is 16.5. The van der Waals surface area contributed by atoms with Gasteiger partial charge < -0.3 is 14.7 Å². The minimum absolute atomic E-state index is 0.0241. The second-order valence-electron chi connectivity index (χ2n) is 8.44. The number of aromatic carboxylic acids is 1. The third-order valence-corrected chi connectivity index (χ3v) is 5.88. The molecule has 0 amide bonds. The van der Waals surface area contributed by atoms with Gasteiger partial charge in [-0.3, -0.25) is 4.79 Å². The molecule has 0 aliphatic carbocycles. The normalized spacial score (nSPS) is 14.0. The molecular weight excluding hydrogens is 435 g/mol. The second kappa shape index (κ2) is 11.0. The summed E-state index contributed by atoms with van der Waals surface area (Å²) in [6.45, 7) is 3.02. The van der Waals surface area contributed by atoms with Gasteiger partial charge in [-0.05, 0) is 99.6 Å². The molecule has 0 unspecified atom stereocenters. The number of rotatable bonds is 9. The van der Waals surface area contributed by atoms with Gasteiger partial charge in [-0.1, -0.05) is 6.42 Å². The number of nitrogens with zero attached hydrogens (tertiary/aromatic N) is 2. The Kier molecular flexibility index (Phi) is 7.65. The summed E-state index contributed by atoms with van der Waals surface area (Å²) in [6, 6.07) is 15.4. The average Bonchev–Trinajstić information content (AvgIpc) is 2.86. The van der Waals surface area contributed by atoms with E-state index in [0.717, 1.165) is 26.1 Å². The Balaban J connectivity index is 1.47. The van der Waals surface area contributed by atoms with Crippen LogP contribution in [0.4, 0.5) is 4.39 Å². The maximum absolute atomic E-state index is 13.1. The van der Waals surface area contributed by atoms with E-state index in [-0.39, 0.29) is 22.9 Å². The summed E-state index contributed by atoms with van der Waals surface area (Å²) < 4.78 is 18.8. The summed E-state index contributed by atoms with van der Waals surface area (Å²) >= 11 is 0. The van der Waals surface area contributed by atoms with Crippen molar-refractivity contribution in [3.8, 4) is 22.8 Å². The molecular formula is C27H27FN2O4. The highest BCUT2D eigenvalue weighted by Gasteiger charge is 2.16. The fourth-order valence-electron chi connectivity index (χ4n) is 4.05. The van der Waals surface area contributed by atoms with Crippen LogP contribution in [-0.4, -0.2) is 46.4 Å². The van der Waals surface area contributed by atoms with E-state index in [2.05, 4.69) is 9.88 Å². The van der Waals surface area contributed by atoms with Gasteiger partial charge in [0.05, 0.1) is 11.3 Å². The fraction of sp³-hybridized carbons (Fsp3) is 0.296. The summed E-state index contributed by atoms with van der Waals surface area (Å²) in [7, 11) is 0. The number of carbonyl (C=O) groups is 2. The minimum Gasteiger partial charge on any atom is -0.478 e. The van der Waals surface area contributed by atoms with Gasteiger partial charge in [0, 0.05) is 12.0 Å². The largest absolute Gasteiger partial charge is 0.478 e. The van der Waals surface area contributed by atoms with Gasteiger partial charge in [-0.25, -0.2) is 14.2 Å². The predicted molar refractivity (Wildman–Crippen MR) is 127 cm³/mol. The molecule has 0 radical (unpaired) electrons. The molecule has 0 bridgehead atoms. The Morgan fingerprint density at radius 2 is 1.59 bits per heavy atom. The van der Waals surface area contributed by atoms with E-state index in [9.17, 15) is 19.1 Å². The molecule has 34 heavy (non-hydrogen) atoms. The molecule has 0 atom stereocenters. The van der Waals surface area contributed by atoms with Gasteiger partial charge in [-0.2, -0.15) is 0 Å². The van der Waals surface area contributed by atoms with Gasteiger partial charge in [0.15, 0.2) is 5.78 Å². The standard InChI is InChI=1S/C27H27FN2O4/c28-21-8-12-23(13-9-21)34-22-10-6-19(7-11-22)24-17-20(27(32)33)18-25(29-24)26(31)5-4-16-30-14-2-1-3-15-30/h6-13,17-18H,1-5,14-16H2,(H,32,33). The van der Waals surface area contributed by atoms with Crippen LogP contribution in [-0.2, 0) is 0 Å². The molecule has 2 aromatic carbocycles.